The minimum Gasteiger partial charge on any atom is -0.397 e. The van der Waals surface area contributed by atoms with Crippen molar-refractivity contribution in [3.8, 4) is 0 Å². The maximum Gasteiger partial charge on any atom is 0.224 e. The average Bonchev–Trinajstić information content (AvgIpc) is 2.41. The van der Waals surface area contributed by atoms with Crippen molar-refractivity contribution in [2.24, 2.45) is 0 Å². The van der Waals surface area contributed by atoms with Gasteiger partial charge in [-0.1, -0.05) is 0 Å². The first kappa shape index (κ1) is 13.2. The lowest BCUT2D eigenvalue weighted by Crippen LogP contribution is -2.43. The van der Waals surface area contributed by atoms with E-state index in [-0.39, 0.29) is 11.4 Å². The molecule has 1 saturated heterocycles. The Bertz CT molecular complexity index is 536. The van der Waals surface area contributed by atoms with E-state index in [4.69, 9.17) is 10.5 Å². The third-order valence-electron chi connectivity index (χ3n) is 4.05. The molecule has 0 bridgehead atoms. The number of hydrogen-bond donors (Lipinski definition) is 3. The predicted octanol–water partition coefficient (Wildman–Crippen LogP) is 2.13. The van der Waals surface area contributed by atoms with Gasteiger partial charge < -0.3 is 21.1 Å². The Morgan fingerprint density at radius 2 is 2.25 bits per heavy atom. The highest BCUT2D eigenvalue weighted by Crippen LogP contribution is 2.34. The molecule has 1 fully saturated rings. The Morgan fingerprint density at radius 3 is 3.00 bits per heavy atom. The number of hydrogen-bond acceptors (Lipinski definition) is 4. The molecule has 0 spiro atoms. The summed E-state index contributed by atoms with van der Waals surface area (Å²) in [6.07, 6.45) is 3.39. The van der Waals surface area contributed by atoms with Gasteiger partial charge in [0.05, 0.1) is 23.5 Å². The van der Waals surface area contributed by atoms with Gasteiger partial charge in [0.1, 0.15) is 0 Å². The molecule has 0 aromatic heterocycles. The molecule has 1 aromatic rings. The van der Waals surface area contributed by atoms with Crippen LogP contribution in [0.15, 0.2) is 12.1 Å². The summed E-state index contributed by atoms with van der Waals surface area (Å²) in [5.41, 5.74) is 9.63. The van der Waals surface area contributed by atoms with Crippen LogP contribution in [0.2, 0.25) is 0 Å². The summed E-state index contributed by atoms with van der Waals surface area (Å²) in [6.45, 7) is 3.65. The number of anilines is 3. The van der Waals surface area contributed by atoms with Crippen LogP contribution in [-0.2, 0) is 16.0 Å². The van der Waals surface area contributed by atoms with Crippen LogP contribution < -0.4 is 16.4 Å². The summed E-state index contributed by atoms with van der Waals surface area (Å²) in [5.74, 6) is 0.0698. The van der Waals surface area contributed by atoms with Crippen LogP contribution in [0, 0.1) is 0 Å². The van der Waals surface area contributed by atoms with Crippen LogP contribution in [-0.4, -0.2) is 24.7 Å². The zero-order valence-electron chi connectivity index (χ0n) is 11.8. The van der Waals surface area contributed by atoms with E-state index in [1.807, 2.05) is 12.1 Å². The summed E-state index contributed by atoms with van der Waals surface area (Å²) in [6, 6.07) is 3.91. The van der Waals surface area contributed by atoms with E-state index in [0.29, 0.717) is 13.0 Å². The molecule has 5 heteroatoms. The molecule has 2 aliphatic heterocycles. The maximum absolute atomic E-state index is 11.5. The second-order valence-corrected chi connectivity index (χ2v) is 5.99. The number of amides is 1. The van der Waals surface area contributed by atoms with Crippen molar-refractivity contribution in [2.75, 3.05) is 29.6 Å². The number of rotatable bonds is 2. The molecular weight excluding hydrogens is 254 g/mol. The van der Waals surface area contributed by atoms with E-state index in [1.54, 1.807) is 0 Å². The third-order valence-corrected chi connectivity index (χ3v) is 4.05. The minimum absolute atomic E-state index is 0.0698. The van der Waals surface area contributed by atoms with Crippen molar-refractivity contribution in [3.05, 3.63) is 17.7 Å². The number of nitrogens with one attached hydrogen (secondary N) is 2. The summed E-state index contributed by atoms with van der Waals surface area (Å²) in [4.78, 5) is 11.5. The summed E-state index contributed by atoms with van der Waals surface area (Å²) in [5, 5.41) is 6.40. The van der Waals surface area contributed by atoms with Gasteiger partial charge in [0.15, 0.2) is 0 Å². The molecule has 3 rings (SSSR count). The Kier molecular flexibility index (Phi) is 3.30. The van der Waals surface area contributed by atoms with Gasteiger partial charge in [0, 0.05) is 18.7 Å². The molecule has 0 radical (unpaired) electrons. The molecule has 1 atom stereocenters. The molecule has 4 N–H and O–H groups in total. The number of aryl methyl sites for hydroxylation is 1. The SMILES string of the molecule is CC1(Nc2cc3c(cc2N)CCC(=O)N3)CCCOC1. The average molecular weight is 275 g/mol. The summed E-state index contributed by atoms with van der Waals surface area (Å²) < 4.78 is 5.55. The number of benzene rings is 1. The normalized spacial score (nSPS) is 25.8. The Labute approximate surface area is 118 Å². The van der Waals surface area contributed by atoms with Gasteiger partial charge in [-0.3, -0.25) is 4.79 Å². The Morgan fingerprint density at radius 1 is 1.40 bits per heavy atom. The van der Waals surface area contributed by atoms with Crippen molar-refractivity contribution >= 4 is 23.0 Å². The first-order chi connectivity index (χ1) is 9.56. The number of nitrogen functional groups attached to an aromatic ring is 1. The molecule has 0 saturated carbocycles. The van der Waals surface area contributed by atoms with Gasteiger partial charge in [-0.25, -0.2) is 0 Å². The van der Waals surface area contributed by atoms with Gasteiger partial charge in [-0.15, -0.1) is 0 Å². The Hall–Kier alpha value is -1.75. The van der Waals surface area contributed by atoms with E-state index >= 15 is 0 Å². The number of nitrogens with two attached hydrogens (primary N) is 1. The van der Waals surface area contributed by atoms with Gasteiger partial charge in [0.2, 0.25) is 5.91 Å². The topological polar surface area (TPSA) is 76.4 Å². The molecule has 0 aliphatic carbocycles. The van der Waals surface area contributed by atoms with E-state index in [9.17, 15) is 4.79 Å². The molecule has 5 nitrogen and oxygen atoms in total. The summed E-state index contributed by atoms with van der Waals surface area (Å²) in [7, 11) is 0. The monoisotopic (exact) mass is 275 g/mol. The zero-order chi connectivity index (χ0) is 14.2. The second kappa shape index (κ2) is 4.98. The quantitative estimate of drug-likeness (QED) is 0.723. The number of carbonyl (C=O) groups is 1. The van der Waals surface area contributed by atoms with Crippen molar-refractivity contribution in [1.82, 2.24) is 0 Å². The van der Waals surface area contributed by atoms with Crippen molar-refractivity contribution in [2.45, 2.75) is 38.1 Å². The van der Waals surface area contributed by atoms with Gasteiger partial charge in [0.25, 0.3) is 0 Å². The van der Waals surface area contributed by atoms with Crippen molar-refractivity contribution in [3.63, 3.8) is 0 Å². The first-order valence-electron chi connectivity index (χ1n) is 7.14. The highest BCUT2D eigenvalue weighted by molar-refractivity contribution is 5.95. The van der Waals surface area contributed by atoms with Crippen LogP contribution in [0.1, 0.15) is 31.7 Å². The molecule has 1 unspecified atom stereocenters. The van der Waals surface area contributed by atoms with E-state index in [2.05, 4.69) is 17.6 Å². The van der Waals surface area contributed by atoms with E-state index in [1.165, 1.54) is 0 Å². The van der Waals surface area contributed by atoms with Crippen LogP contribution in [0.4, 0.5) is 17.1 Å². The first-order valence-corrected chi connectivity index (χ1v) is 7.14. The fourth-order valence-corrected chi connectivity index (χ4v) is 2.91. The van der Waals surface area contributed by atoms with Gasteiger partial charge in [-0.2, -0.15) is 0 Å². The lowest BCUT2D eigenvalue weighted by Gasteiger charge is -2.36. The van der Waals surface area contributed by atoms with Crippen molar-refractivity contribution < 1.29 is 9.53 Å². The van der Waals surface area contributed by atoms with Crippen LogP contribution >= 0.6 is 0 Å². The van der Waals surface area contributed by atoms with Crippen molar-refractivity contribution in [1.29, 1.82) is 0 Å². The Balaban J connectivity index is 1.86. The number of fused-ring (bicyclic) bond motifs is 1. The second-order valence-electron chi connectivity index (χ2n) is 5.99. The van der Waals surface area contributed by atoms with Crippen LogP contribution in [0.25, 0.3) is 0 Å². The molecule has 2 aliphatic rings. The minimum atomic E-state index is -0.0979. The molecule has 1 aromatic carbocycles. The largest absolute Gasteiger partial charge is 0.397 e. The maximum atomic E-state index is 11.5. The fourth-order valence-electron chi connectivity index (χ4n) is 2.91. The molecule has 20 heavy (non-hydrogen) atoms. The third kappa shape index (κ3) is 2.58. The molecular formula is C15H21N3O2. The standard InChI is InChI=1S/C15H21N3O2/c1-15(5-2-6-20-9-15)18-13-8-12-10(7-11(13)16)3-4-14(19)17-12/h7-8,18H,2-6,9,16H2,1H3,(H,17,19). The number of carbonyl (C=O) groups excluding carboxylic acids is 1. The number of ether oxygens (including phenoxy) is 1. The molecule has 2 heterocycles. The predicted molar refractivity (Wildman–Crippen MR) is 79.9 cm³/mol. The molecule has 108 valence electrons. The highest BCUT2D eigenvalue weighted by atomic mass is 16.5. The lowest BCUT2D eigenvalue weighted by molar-refractivity contribution is -0.116. The highest BCUT2D eigenvalue weighted by Gasteiger charge is 2.28. The van der Waals surface area contributed by atoms with Crippen LogP contribution in [0.5, 0.6) is 0 Å². The van der Waals surface area contributed by atoms with Gasteiger partial charge in [-0.05, 0) is 43.9 Å². The van der Waals surface area contributed by atoms with E-state index < -0.39 is 0 Å². The smallest absolute Gasteiger partial charge is 0.224 e. The fraction of sp³-hybridized carbons (Fsp3) is 0.533. The zero-order valence-corrected chi connectivity index (χ0v) is 11.8. The van der Waals surface area contributed by atoms with E-state index in [0.717, 1.165) is 48.5 Å². The summed E-state index contributed by atoms with van der Waals surface area (Å²) >= 11 is 0. The lowest BCUT2D eigenvalue weighted by atomic mass is 9.93. The van der Waals surface area contributed by atoms with Gasteiger partial charge >= 0.3 is 0 Å². The molecule has 1 amide bonds. The van der Waals surface area contributed by atoms with Crippen LogP contribution in [0.3, 0.4) is 0 Å².